The lowest BCUT2D eigenvalue weighted by atomic mass is 9.80. The van der Waals surface area contributed by atoms with Gasteiger partial charge in [0.15, 0.2) is 11.6 Å². The summed E-state index contributed by atoms with van der Waals surface area (Å²) in [7, 11) is 0. The summed E-state index contributed by atoms with van der Waals surface area (Å²) < 4.78 is 40.1. The SMILES string of the molecule is CCCCCCCCC1CCC(COc2ccc(C(=O)Oc3ccc(CC(C)CC)c(F)c3F)cc2)CC1. The molecular formula is C33H46F2O3. The molecule has 1 unspecified atom stereocenters. The Morgan fingerprint density at radius 3 is 2.21 bits per heavy atom. The number of carbonyl (C=O) groups excluding carboxylic acids is 1. The van der Waals surface area contributed by atoms with Gasteiger partial charge in [0, 0.05) is 0 Å². The zero-order valence-electron chi connectivity index (χ0n) is 23.6. The van der Waals surface area contributed by atoms with E-state index in [9.17, 15) is 13.6 Å². The third kappa shape index (κ3) is 9.39. The van der Waals surface area contributed by atoms with Crippen molar-refractivity contribution >= 4 is 5.97 Å². The highest BCUT2D eigenvalue weighted by Crippen LogP contribution is 2.33. The normalized spacial score (nSPS) is 18.2. The van der Waals surface area contributed by atoms with Gasteiger partial charge < -0.3 is 9.47 Å². The smallest absolute Gasteiger partial charge is 0.343 e. The highest BCUT2D eigenvalue weighted by Gasteiger charge is 2.22. The summed E-state index contributed by atoms with van der Waals surface area (Å²) in [6.45, 7) is 6.94. The maximum Gasteiger partial charge on any atom is 0.343 e. The second kappa shape index (κ2) is 15.9. The molecule has 0 aromatic heterocycles. The molecule has 5 heteroatoms. The van der Waals surface area contributed by atoms with Gasteiger partial charge in [0.25, 0.3) is 0 Å². The molecule has 0 amide bonds. The molecule has 1 atom stereocenters. The maximum atomic E-state index is 14.5. The summed E-state index contributed by atoms with van der Waals surface area (Å²) in [5.41, 5.74) is 0.556. The van der Waals surface area contributed by atoms with Crippen molar-refractivity contribution in [2.45, 2.75) is 104 Å². The van der Waals surface area contributed by atoms with Crippen LogP contribution in [0.5, 0.6) is 11.5 Å². The van der Waals surface area contributed by atoms with Crippen molar-refractivity contribution in [3.63, 3.8) is 0 Å². The van der Waals surface area contributed by atoms with Crippen molar-refractivity contribution < 1.29 is 23.0 Å². The van der Waals surface area contributed by atoms with Gasteiger partial charge in [-0.15, -0.1) is 0 Å². The van der Waals surface area contributed by atoms with E-state index in [1.54, 1.807) is 24.3 Å². The molecule has 0 radical (unpaired) electrons. The first kappa shape index (κ1) is 30.1. The lowest BCUT2D eigenvalue weighted by molar-refractivity contribution is 0.0726. The van der Waals surface area contributed by atoms with E-state index in [4.69, 9.17) is 9.47 Å². The quantitative estimate of drug-likeness (QED) is 0.131. The molecule has 1 aliphatic carbocycles. The molecule has 0 saturated heterocycles. The van der Waals surface area contributed by atoms with Gasteiger partial charge in [-0.05, 0) is 72.9 Å². The van der Waals surface area contributed by atoms with Crippen LogP contribution in [-0.4, -0.2) is 12.6 Å². The van der Waals surface area contributed by atoms with Crippen LogP contribution in [0.1, 0.15) is 114 Å². The van der Waals surface area contributed by atoms with Crippen molar-refractivity contribution in [1.82, 2.24) is 0 Å². The first-order chi connectivity index (χ1) is 18.4. The highest BCUT2D eigenvalue weighted by atomic mass is 19.2. The Bertz CT molecular complexity index is 980. The van der Waals surface area contributed by atoms with Crippen LogP contribution >= 0.6 is 0 Å². The van der Waals surface area contributed by atoms with Crippen LogP contribution in [0, 0.1) is 29.4 Å². The first-order valence-electron chi connectivity index (χ1n) is 14.8. The Labute approximate surface area is 228 Å². The Morgan fingerprint density at radius 2 is 1.53 bits per heavy atom. The minimum Gasteiger partial charge on any atom is -0.493 e. The summed E-state index contributed by atoms with van der Waals surface area (Å²) in [4.78, 5) is 12.5. The van der Waals surface area contributed by atoms with Gasteiger partial charge in [0.05, 0.1) is 12.2 Å². The molecule has 3 rings (SSSR count). The molecule has 1 fully saturated rings. The van der Waals surface area contributed by atoms with Crippen LogP contribution in [0.2, 0.25) is 0 Å². The van der Waals surface area contributed by atoms with Crippen LogP contribution in [0.25, 0.3) is 0 Å². The number of hydrogen-bond acceptors (Lipinski definition) is 3. The minimum absolute atomic E-state index is 0.239. The molecular weight excluding hydrogens is 482 g/mol. The van der Waals surface area contributed by atoms with E-state index in [-0.39, 0.29) is 11.5 Å². The van der Waals surface area contributed by atoms with Crippen LogP contribution in [0.4, 0.5) is 8.78 Å². The van der Waals surface area contributed by atoms with Gasteiger partial charge in [-0.25, -0.2) is 9.18 Å². The average molecular weight is 529 g/mol. The van der Waals surface area contributed by atoms with Gasteiger partial charge in [-0.1, -0.05) is 91.0 Å². The molecule has 2 aromatic rings. The summed E-state index contributed by atoms with van der Waals surface area (Å²) in [5, 5.41) is 0. The third-order valence-corrected chi connectivity index (χ3v) is 8.10. The summed E-state index contributed by atoms with van der Waals surface area (Å²) in [6, 6.07) is 9.47. The third-order valence-electron chi connectivity index (χ3n) is 8.10. The van der Waals surface area contributed by atoms with E-state index in [0.29, 0.717) is 30.3 Å². The van der Waals surface area contributed by atoms with Crippen LogP contribution in [-0.2, 0) is 6.42 Å². The number of unbranched alkanes of at least 4 members (excludes halogenated alkanes) is 5. The van der Waals surface area contributed by atoms with Gasteiger partial charge in [-0.3, -0.25) is 0 Å². The fraction of sp³-hybridized carbons (Fsp3) is 0.606. The lowest BCUT2D eigenvalue weighted by Crippen LogP contribution is -2.20. The van der Waals surface area contributed by atoms with Crippen molar-refractivity contribution in [2.24, 2.45) is 17.8 Å². The largest absolute Gasteiger partial charge is 0.493 e. The van der Waals surface area contributed by atoms with Gasteiger partial charge in [0.1, 0.15) is 5.75 Å². The van der Waals surface area contributed by atoms with Gasteiger partial charge in [0.2, 0.25) is 5.82 Å². The molecule has 1 saturated carbocycles. The zero-order chi connectivity index (χ0) is 27.3. The van der Waals surface area contributed by atoms with E-state index in [2.05, 4.69) is 6.92 Å². The number of hydrogen-bond donors (Lipinski definition) is 0. The molecule has 0 N–H and O–H groups in total. The molecule has 0 bridgehead atoms. The number of benzene rings is 2. The number of esters is 1. The van der Waals surface area contributed by atoms with Gasteiger partial charge >= 0.3 is 5.97 Å². The molecule has 3 nitrogen and oxygen atoms in total. The topological polar surface area (TPSA) is 35.5 Å². The average Bonchev–Trinajstić information content (AvgIpc) is 2.94. The van der Waals surface area contributed by atoms with E-state index >= 15 is 0 Å². The Balaban J connectivity index is 1.40. The highest BCUT2D eigenvalue weighted by molar-refractivity contribution is 5.91. The van der Waals surface area contributed by atoms with E-state index in [0.717, 1.165) is 12.3 Å². The van der Waals surface area contributed by atoms with E-state index in [1.165, 1.54) is 82.8 Å². The Kier molecular flexibility index (Phi) is 12.6. The molecule has 2 aromatic carbocycles. The van der Waals surface area contributed by atoms with E-state index < -0.39 is 23.4 Å². The van der Waals surface area contributed by atoms with Crippen LogP contribution < -0.4 is 9.47 Å². The molecule has 0 aliphatic heterocycles. The van der Waals surface area contributed by atoms with Crippen molar-refractivity contribution in [3.05, 3.63) is 59.2 Å². The van der Waals surface area contributed by atoms with E-state index in [1.807, 2.05) is 13.8 Å². The standard InChI is InChI=1S/C33H46F2O3/c1-4-6-7-8-9-10-11-25-12-14-26(15-13-25)23-37-29-19-16-27(17-20-29)33(36)38-30-21-18-28(22-24(3)5-2)31(34)32(30)35/h16-21,24-26H,4-15,22-23H2,1-3H3. The number of rotatable bonds is 15. The Morgan fingerprint density at radius 1 is 0.868 bits per heavy atom. The van der Waals surface area contributed by atoms with Crippen LogP contribution in [0.3, 0.4) is 0 Å². The fourth-order valence-electron chi connectivity index (χ4n) is 5.29. The summed E-state index contributed by atoms with van der Waals surface area (Å²) in [6.07, 6.45) is 15.9. The number of halogens is 2. The minimum atomic E-state index is -1.12. The van der Waals surface area contributed by atoms with Crippen molar-refractivity contribution in [2.75, 3.05) is 6.61 Å². The lowest BCUT2D eigenvalue weighted by Gasteiger charge is -2.28. The molecule has 1 aliphatic rings. The summed E-state index contributed by atoms with van der Waals surface area (Å²) >= 11 is 0. The second-order valence-electron chi connectivity index (χ2n) is 11.2. The first-order valence-corrected chi connectivity index (χ1v) is 14.8. The Hall–Kier alpha value is -2.43. The molecule has 210 valence electrons. The maximum absolute atomic E-state index is 14.5. The molecule has 0 spiro atoms. The van der Waals surface area contributed by atoms with Crippen molar-refractivity contribution in [3.8, 4) is 11.5 Å². The van der Waals surface area contributed by atoms with Crippen LogP contribution in [0.15, 0.2) is 36.4 Å². The molecule has 0 heterocycles. The second-order valence-corrected chi connectivity index (χ2v) is 11.2. The molecule has 38 heavy (non-hydrogen) atoms. The monoisotopic (exact) mass is 528 g/mol. The predicted octanol–water partition coefficient (Wildman–Crippen LogP) is 9.71. The van der Waals surface area contributed by atoms with Crippen molar-refractivity contribution in [1.29, 1.82) is 0 Å². The fourth-order valence-corrected chi connectivity index (χ4v) is 5.29. The number of carbonyl (C=O) groups is 1. The number of ether oxygens (including phenoxy) is 2. The summed E-state index contributed by atoms with van der Waals surface area (Å²) in [5.74, 6) is -0.818. The predicted molar refractivity (Wildman–Crippen MR) is 150 cm³/mol. The zero-order valence-corrected chi connectivity index (χ0v) is 23.6. The van der Waals surface area contributed by atoms with Gasteiger partial charge in [-0.2, -0.15) is 4.39 Å².